The van der Waals surface area contributed by atoms with Crippen molar-refractivity contribution in [2.45, 2.75) is 6.54 Å². The quantitative estimate of drug-likeness (QED) is 0.585. The molecule has 0 unspecified atom stereocenters. The Morgan fingerprint density at radius 1 is 1.47 bits per heavy atom. The minimum absolute atomic E-state index is 0.0209. The Morgan fingerprint density at radius 2 is 2.16 bits per heavy atom. The molecule has 3 heterocycles. The number of carbonyl (C=O) groups is 1. The zero-order valence-electron chi connectivity index (χ0n) is 10.4. The van der Waals surface area contributed by atoms with Gasteiger partial charge in [0.15, 0.2) is 0 Å². The highest BCUT2D eigenvalue weighted by Crippen LogP contribution is 2.26. The van der Waals surface area contributed by atoms with Gasteiger partial charge in [0, 0.05) is 26.2 Å². The van der Waals surface area contributed by atoms with Gasteiger partial charge in [-0.05, 0) is 11.8 Å². The molecule has 0 aliphatic carbocycles. The molecule has 1 amide bonds. The predicted octanol–water partition coefficient (Wildman–Crippen LogP) is -0.531. The Labute approximate surface area is 109 Å². The summed E-state index contributed by atoms with van der Waals surface area (Å²) in [6.45, 7) is 3.57. The molecule has 0 spiro atoms. The fourth-order valence-electron chi connectivity index (χ4n) is 2.83. The lowest BCUT2D eigenvalue weighted by molar-refractivity contribution is -0.385. The monoisotopic (exact) mass is 265 g/mol. The van der Waals surface area contributed by atoms with E-state index in [2.05, 4.69) is 10.4 Å². The highest BCUT2D eigenvalue weighted by molar-refractivity contribution is 5.76. The second-order valence-electron chi connectivity index (χ2n) is 5.13. The summed E-state index contributed by atoms with van der Waals surface area (Å²) >= 11 is 0. The molecule has 1 N–H and O–H groups in total. The number of nitrogens with zero attached hydrogens (tertiary/aromatic N) is 4. The minimum atomic E-state index is -0.514. The second-order valence-corrected chi connectivity index (χ2v) is 5.13. The number of carbonyl (C=O) groups excluding carboxylic acids is 1. The van der Waals surface area contributed by atoms with E-state index in [9.17, 15) is 14.9 Å². The summed E-state index contributed by atoms with van der Waals surface area (Å²) < 4.78 is 1.33. The highest BCUT2D eigenvalue weighted by Gasteiger charge is 2.37. The standard InChI is InChI=1S/C11H15N5O3/c17-11(7-15-6-10(3-13-15)16(18)19)14-4-8-1-12-2-9(8)5-14/h3,6,8-9,12H,1-2,4-5,7H2/t8-,9+. The third-order valence-electron chi connectivity index (χ3n) is 3.87. The molecule has 0 saturated carbocycles. The second kappa shape index (κ2) is 4.61. The number of nitro groups is 1. The van der Waals surface area contributed by atoms with Crippen LogP contribution in [0, 0.1) is 22.0 Å². The van der Waals surface area contributed by atoms with Gasteiger partial charge in [0.1, 0.15) is 18.9 Å². The van der Waals surface area contributed by atoms with Gasteiger partial charge in [-0.15, -0.1) is 0 Å². The molecule has 8 heteroatoms. The lowest BCUT2D eigenvalue weighted by Gasteiger charge is -2.17. The van der Waals surface area contributed by atoms with E-state index in [1.54, 1.807) is 0 Å². The van der Waals surface area contributed by atoms with Crippen LogP contribution in [0.25, 0.3) is 0 Å². The molecule has 102 valence electrons. The zero-order chi connectivity index (χ0) is 13.4. The molecule has 0 bridgehead atoms. The molecular formula is C11H15N5O3. The molecule has 2 atom stereocenters. The maximum absolute atomic E-state index is 12.1. The van der Waals surface area contributed by atoms with Crippen molar-refractivity contribution in [3.63, 3.8) is 0 Å². The largest absolute Gasteiger partial charge is 0.340 e. The Morgan fingerprint density at radius 3 is 2.74 bits per heavy atom. The molecule has 8 nitrogen and oxygen atoms in total. The average molecular weight is 265 g/mol. The van der Waals surface area contributed by atoms with Crippen molar-refractivity contribution in [1.29, 1.82) is 0 Å². The Kier molecular flexibility index (Phi) is 2.94. The van der Waals surface area contributed by atoms with Crippen LogP contribution in [0.3, 0.4) is 0 Å². The number of aromatic nitrogens is 2. The first kappa shape index (κ1) is 12.1. The van der Waals surface area contributed by atoms with E-state index in [4.69, 9.17) is 0 Å². The van der Waals surface area contributed by atoms with Gasteiger partial charge in [-0.3, -0.25) is 19.6 Å². The number of fused-ring (bicyclic) bond motifs is 1. The van der Waals surface area contributed by atoms with E-state index in [1.165, 1.54) is 10.9 Å². The maximum atomic E-state index is 12.1. The van der Waals surface area contributed by atoms with E-state index in [-0.39, 0.29) is 18.1 Å². The smallest absolute Gasteiger partial charge is 0.307 e. The minimum Gasteiger partial charge on any atom is -0.340 e. The van der Waals surface area contributed by atoms with Crippen molar-refractivity contribution in [3.05, 3.63) is 22.5 Å². The number of hydrogen-bond acceptors (Lipinski definition) is 5. The summed E-state index contributed by atoms with van der Waals surface area (Å²) in [4.78, 5) is 24.0. The molecule has 1 aromatic heterocycles. The average Bonchev–Trinajstić information content (AvgIpc) is 3.02. The topological polar surface area (TPSA) is 93.3 Å². The first-order valence-corrected chi connectivity index (χ1v) is 6.29. The summed E-state index contributed by atoms with van der Waals surface area (Å²) in [5.41, 5.74) is -0.0877. The van der Waals surface area contributed by atoms with E-state index in [0.29, 0.717) is 11.8 Å². The van der Waals surface area contributed by atoms with Crippen LogP contribution in [0.1, 0.15) is 0 Å². The van der Waals surface area contributed by atoms with Gasteiger partial charge < -0.3 is 10.2 Å². The maximum Gasteiger partial charge on any atom is 0.307 e. The number of likely N-dealkylation sites (tertiary alicyclic amines) is 1. The first-order valence-electron chi connectivity index (χ1n) is 6.29. The fourth-order valence-corrected chi connectivity index (χ4v) is 2.83. The van der Waals surface area contributed by atoms with Crippen LogP contribution in [0.5, 0.6) is 0 Å². The van der Waals surface area contributed by atoms with Gasteiger partial charge in [-0.2, -0.15) is 5.10 Å². The highest BCUT2D eigenvalue weighted by atomic mass is 16.6. The summed E-state index contributed by atoms with van der Waals surface area (Å²) in [5.74, 6) is 1.08. The Bertz CT molecular complexity index is 502. The van der Waals surface area contributed by atoms with Crippen molar-refractivity contribution in [2.24, 2.45) is 11.8 Å². The van der Waals surface area contributed by atoms with Crippen molar-refractivity contribution < 1.29 is 9.72 Å². The molecule has 2 aliphatic rings. The SMILES string of the molecule is O=C(Cn1cc([N+](=O)[O-])cn1)N1C[C@H]2CNC[C@H]2C1. The molecule has 19 heavy (non-hydrogen) atoms. The van der Waals surface area contributed by atoms with Crippen molar-refractivity contribution >= 4 is 11.6 Å². The molecule has 2 saturated heterocycles. The molecule has 3 rings (SSSR count). The van der Waals surface area contributed by atoms with Crippen LogP contribution in [-0.2, 0) is 11.3 Å². The van der Waals surface area contributed by atoms with Gasteiger partial charge in [0.2, 0.25) is 5.91 Å². The third-order valence-corrected chi connectivity index (χ3v) is 3.87. The summed E-state index contributed by atoms with van der Waals surface area (Å²) in [6.07, 6.45) is 2.45. The molecule has 2 aliphatic heterocycles. The van der Waals surface area contributed by atoms with Crippen molar-refractivity contribution in [3.8, 4) is 0 Å². The summed E-state index contributed by atoms with van der Waals surface area (Å²) in [6, 6.07) is 0. The van der Waals surface area contributed by atoms with Crippen molar-refractivity contribution in [1.82, 2.24) is 20.0 Å². The van der Waals surface area contributed by atoms with E-state index < -0.39 is 4.92 Å². The van der Waals surface area contributed by atoms with Gasteiger partial charge in [0.25, 0.3) is 0 Å². The fraction of sp³-hybridized carbons (Fsp3) is 0.636. The zero-order valence-corrected chi connectivity index (χ0v) is 10.4. The molecular weight excluding hydrogens is 250 g/mol. The number of rotatable bonds is 3. The normalized spacial score (nSPS) is 25.6. The molecule has 1 aromatic rings. The van der Waals surface area contributed by atoms with Crippen LogP contribution in [0.15, 0.2) is 12.4 Å². The van der Waals surface area contributed by atoms with Gasteiger partial charge >= 0.3 is 5.69 Å². The van der Waals surface area contributed by atoms with E-state index in [0.717, 1.165) is 32.4 Å². The lowest BCUT2D eigenvalue weighted by atomic mass is 10.0. The molecule has 0 radical (unpaired) electrons. The van der Waals surface area contributed by atoms with E-state index >= 15 is 0 Å². The van der Waals surface area contributed by atoms with Crippen LogP contribution >= 0.6 is 0 Å². The Hall–Kier alpha value is -1.96. The number of nitrogens with one attached hydrogen (secondary N) is 1. The van der Waals surface area contributed by atoms with Crippen LogP contribution in [0.4, 0.5) is 5.69 Å². The number of amides is 1. The van der Waals surface area contributed by atoms with Crippen molar-refractivity contribution in [2.75, 3.05) is 26.2 Å². The van der Waals surface area contributed by atoms with Gasteiger partial charge in [-0.1, -0.05) is 0 Å². The van der Waals surface area contributed by atoms with Crippen LogP contribution < -0.4 is 5.32 Å². The Balaban J connectivity index is 1.60. The van der Waals surface area contributed by atoms with Crippen LogP contribution in [0.2, 0.25) is 0 Å². The summed E-state index contributed by atoms with van der Waals surface area (Å²) in [7, 11) is 0. The van der Waals surface area contributed by atoms with E-state index in [1.807, 2.05) is 4.90 Å². The first-order chi connectivity index (χ1) is 9.13. The van der Waals surface area contributed by atoms with Gasteiger partial charge in [0.05, 0.1) is 4.92 Å². The lowest BCUT2D eigenvalue weighted by Crippen LogP contribution is -2.34. The molecule has 2 fully saturated rings. The third kappa shape index (κ3) is 2.30. The molecule has 0 aromatic carbocycles. The number of hydrogen-bond donors (Lipinski definition) is 1. The van der Waals surface area contributed by atoms with Crippen LogP contribution in [-0.4, -0.2) is 51.7 Å². The summed E-state index contributed by atoms with van der Waals surface area (Å²) in [5, 5.41) is 17.7. The predicted molar refractivity (Wildman–Crippen MR) is 65.3 cm³/mol. The van der Waals surface area contributed by atoms with Gasteiger partial charge in [-0.25, -0.2) is 0 Å².